The molecule has 0 radical (unpaired) electrons. The van der Waals surface area contributed by atoms with Crippen molar-refractivity contribution >= 4 is 0 Å². The Labute approximate surface area is 336 Å². The number of hydrogen-bond donors (Lipinski definition) is 1. The Morgan fingerprint density at radius 2 is 0.604 bits per heavy atom. The zero-order valence-corrected chi connectivity index (χ0v) is 37.5. The van der Waals surface area contributed by atoms with Crippen molar-refractivity contribution < 1.29 is 4.57 Å². The van der Waals surface area contributed by atoms with E-state index in [-0.39, 0.29) is 0 Å². The molecule has 53 heavy (non-hydrogen) atoms. The van der Waals surface area contributed by atoms with Crippen LogP contribution in [-0.4, -0.2) is 4.98 Å². The molecule has 1 N–H and O–H groups in total. The maximum Gasteiger partial charge on any atom is 0.257 e. The first-order valence-electron chi connectivity index (χ1n) is 25.3. The number of nitrogens with zero attached hydrogens (tertiary/aromatic N) is 1. The third-order valence-corrected chi connectivity index (χ3v) is 12.6. The third kappa shape index (κ3) is 32.0. The van der Waals surface area contributed by atoms with Crippen molar-refractivity contribution in [2.45, 2.75) is 309 Å². The van der Waals surface area contributed by atoms with Crippen LogP contribution < -0.4 is 4.57 Å². The highest BCUT2D eigenvalue weighted by Gasteiger charge is 2.25. The van der Waals surface area contributed by atoms with E-state index in [0.29, 0.717) is 12.0 Å². The van der Waals surface area contributed by atoms with Gasteiger partial charge in [-0.1, -0.05) is 265 Å². The first-order valence-corrected chi connectivity index (χ1v) is 25.3. The van der Waals surface area contributed by atoms with Crippen LogP contribution in [0.3, 0.4) is 0 Å². The normalized spacial score (nSPS) is 12.9. The Kier molecular flexibility index (Phi) is 38.7. The zero-order valence-electron chi connectivity index (χ0n) is 37.5. The van der Waals surface area contributed by atoms with Gasteiger partial charge in [-0.3, -0.25) is 0 Å². The summed E-state index contributed by atoms with van der Waals surface area (Å²) >= 11 is 0. The molecule has 0 aliphatic rings. The third-order valence-electron chi connectivity index (χ3n) is 12.6. The minimum Gasteiger partial charge on any atom is -0.247 e. The largest absolute Gasteiger partial charge is 0.257 e. The first-order chi connectivity index (χ1) is 26.2. The molecule has 0 saturated heterocycles. The van der Waals surface area contributed by atoms with Crippen LogP contribution in [0.25, 0.3) is 0 Å². The summed E-state index contributed by atoms with van der Waals surface area (Å²) in [5.41, 5.74) is 0. The Morgan fingerprint density at radius 1 is 0.358 bits per heavy atom. The Balaban J connectivity index is 2.34. The van der Waals surface area contributed by atoms with Crippen molar-refractivity contribution in [1.29, 1.82) is 0 Å². The van der Waals surface area contributed by atoms with Crippen LogP contribution in [0.2, 0.25) is 0 Å². The lowest BCUT2D eigenvalue weighted by Gasteiger charge is -2.17. The molecule has 0 amide bonds. The molecule has 0 fully saturated rings. The second kappa shape index (κ2) is 40.9. The molecule has 0 spiro atoms. The first kappa shape index (κ1) is 50.2. The van der Waals surface area contributed by atoms with Gasteiger partial charge in [0.05, 0.1) is 12.0 Å². The summed E-state index contributed by atoms with van der Waals surface area (Å²) in [6, 6.07) is 0.615. The van der Waals surface area contributed by atoms with E-state index < -0.39 is 0 Å². The number of unbranched alkanes of at least 4 members (excludes halogenated alkanes) is 36. The number of aromatic amines is 1. The molecule has 1 aromatic heterocycles. The highest BCUT2D eigenvalue weighted by Crippen LogP contribution is 2.28. The highest BCUT2D eigenvalue weighted by molar-refractivity contribution is 4.90. The average molecular weight is 742 g/mol. The minimum atomic E-state index is 0.615. The molecular weight excluding hydrogens is 641 g/mol. The predicted octanol–water partition coefficient (Wildman–Crippen LogP) is 18.4. The van der Waals surface area contributed by atoms with Crippen molar-refractivity contribution in [2.24, 2.45) is 0 Å². The quantitative estimate of drug-likeness (QED) is 0.0507. The Hall–Kier alpha value is -0.790. The van der Waals surface area contributed by atoms with Crippen molar-refractivity contribution in [3.63, 3.8) is 0 Å². The smallest absolute Gasteiger partial charge is 0.247 e. The lowest BCUT2D eigenvalue weighted by atomic mass is 9.92. The summed E-state index contributed by atoms with van der Waals surface area (Å²) in [6.07, 6.45) is 65.1. The number of imidazole rings is 1. The van der Waals surface area contributed by atoms with E-state index in [1.54, 1.807) is 5.82 Å². The standard InChI is InChI=1S/C51H100N2/c1-5-8-11-14-17-20-23-25-26-28-30-32-35-38-41-44-49(4)53-48-47-52-51(53)50(45-42-39-36-33-29-22-19-16-13-10-7-3)46-43-40-37-34-31-27-24-21-18-15-12-9-6-2/h47-50H,5-46H2,1-4H3/p+1. The molecule has 0 aliphatic heterocycles. The summed E-state index contributed by atoms with van der Waals surface area (Å²) in [6.45, 7) is 9.45. The molecule has 0 saturated carbocycles. The van der Waals surface area contributed by atoms with Crippen LogP contribution in [0, 0.1) is 0 Å². The number of hydrogen-bond acceptors (Lipinski definition) is 0. The molecule has 2 nitrogen and oxygen atoms in total. The van der Waals surface area contributed by atoms with Gasteiger partial charge in [0.25, 0.3) is 5.82 Å². The van der Waals surface area contributed by atoms with Gasteiger partial charge in [-0.2, -0.15) is 0 Å². The van der Waals surface area contributed by atoms with Gasteiger partial charge in [0.15, 0.2) is 0 Å². The number of H-pyrrole nitrogens is 1. The molecule has 0 bridgehead atoms. The van der Waals surface area contributed by atoms with E-state index in [1.165, 1.54) is 270 Å². The summed E-state index contributed by atoms with van der Waals surface area (Å²) in [5, 5.41) is 0. The van der Waals surface area contributed by atoms with Crippen LogP contribution in [0.4, 0.5) is 0 Å². The second-order valence-electron chi connectivity index (χ2n) is 17.9. The summed E-state index contributed by atoms with van der Waals surface area (Å²) in [5.74, 6) is 2.25. The number of rotatable bonds is 44. The fraction of sp³-hybridized carbons (Fsp3) is 0.941. The molecule has 0 aliphatic carbocycles. The average Bonchev–Trinajstić information content (AvgIpc) is 3.66. The van der Waals surface area contributed by atoms with E-state index in [9.17, 15) is 0 Å². The molecule has 1 heterocycles. The molecular formula is C51H101N2+. The topological polar surface area (TPSA) is 19.7 Å². The van der Waals surface area contributed by atoms with E-state index >= 15 is 0 Å². The molecule has 2 atom stereocenters. The molecule has 0 aromatic carbocycles. The van der Waals surface area contributed by atoms with E-state index in [2.05, 4.69) is 49.6 Å². The van der Waals surface area contributed by atoms with E-state index in [0.717, 1.165) is 0 Å². The predicted molar refractivity (Wildman–Crippen MR) is 239 cm³/mol. The fourth-order valence-electron chi connectivity index (χ4n) is 8.90. The summed E-state index contributed by atoms with van der Waals surface area (Å²) in [4.78, 5) is 3.79. The van der Waals surface area contributed by atoms with E-state index in [1.807, 2.05) is 0 Å². The SMILES string of the molecule is CCCCCCCCCCCCCCCCCC(C)[n+]1cc[nH]c1C(CCCCCCCCCCCCC)CCCCCCCCCCCCCCC. The fourth-order valence-corrected chi connectivity index (χ4v) is 8.90. The van der Waals surface area contributed by atoms with Gasteiger partial charge in [0, 0.05) is 0 Å². The molecule has 2 unspecified atom stereocenters. The number of aromatic nitrogens is 2. The van der Waals surface area contributed by atoms with Crippen molar-refractivity contribution in [2.75, 3.05) is 0 Å². The molecule has 1 rings (SSSR count). The molecule has 2 heteroatoms. The van der Waals surface area contributed by atoms with Gasteiger partial charge >= 0.3 is 0 Å². The monoisotopic (exact) mass is 742 g/mol. The van der Waals surface area contributed by atoms with Gasteiger partial charge in [-0.05, 0) is 32.6 Å². The molecule has 1 aromatic rings. The summed E-state index contributed by atoms with van der Waals surface area (Å²) in [7, 11) is 0. The van der Waals surface area contributed by atoms with Gasteiger partial charge in [-0.15, -0.1) is 0 Å². The van der Waals surface area contributed by atoms with Crippen molar-refractivity contribution in [3.8, 4) is 0 Å². The number of nitrogens with one attached hydrogen (secondary N) is 1. The Bertz CT molecular complexity index is 813. The van der Waals surface area contributed by atoms with Crippen LogP contribution >= 0.6 is 0 Å². The lowest BCUT2D eigenvalue weighted by Crippen LogP contribution is -2.41. The lowest BCUT2D eigenvalue weighted by molar-refractivity contribution is -0.727. The maximum atomic E-state index is 3.79. The van der Waals surface area contributed by atoms with Gasteiger partial charge in [0.2, 0.25) is 0 Å². The van der Waals surface area contributed by atoms with Gasteiger partial charge < -0.3 is 0 Å². The minimum absolute atomic E-state index is 0.615. The Morgan fingerprint density at radius 3 is 0.887 bits per heavy atom. The maximum absolute atomic E-state index is 3.79. The molecule has 314 valence electrons. The van der Waals surface area contributed by atoms with Crippen LogP contribution in [-0.2, 0) is 0 Å². The van der Waals surface area contributed by atoms with Crippen molar-refractivity contribution in [3.05, 3.63) is 18.2 Å². The van der Waals surface area contributed by atoms with Crippen LogP contribution in [0.1, 0.15) is 315 Å². The van der Waals surface area contributed by atoms with Gasteiger partial charge in [0.1, 0.15) is 12.4 Å². The van der Waals surface area contributed by atoms with Crippen LogP contribution in [0.15, 0.2) is 12.4 Å². The highest BCUT2D eigenvalue weighted by atomic mass is 15.1. The summed E-state index contributed by atoms with van der Waals surface area (Å²) < 4.78 is 2.66. The van der Waals surface area contributed by atoms with Gasteiger partial charge in [-0.25, -0.2) is 9.55 Å². The van der Waals surface area contributed by atoms with E-state index in [4.69, 9.17) is 0 Å². The zero-order chi connectivity index (χ0) is 38.1. The van der Waals surface area contributed by atoms with Crippen LogP contribution in [0.5, 0.6) is 0 Å². The second-order valence-corrected chi connectivity index (χ2v) is 17.9. The van der Waals surface area contributed by atoms with Crippen molar-refractivity contribution in [1.82, 2.24) is 4.98 Å².